The lowest BCUT2D eigenvalue weighted by molar-refractivity contribution is 0.483. The lowest BCUT2D eigenvalue weighted by atomic mass is 10.3. The van der Waals surface area contributed by atoms with Crippen molar-refractivity contribution in [3.63, 3.8) is 0 Å². The van der Waals surface area contributed by atoms with Crippen LogP contribution >= 0.6 is 0 Å². The Balaban J connectivity index is 2.20. The molecular formula is C12H11NO3S. The first kappa shape index (κ1) is 11.6. The number of para-hydroxylation sites is 1. The second-order valence-electron chi connectivity index (χ2n) is 3.49. The Bertz CT molecular complexity index is 591. The summed E-state index contributed by atoms with van der Waals surface area (Å²) in [7, 11) is -4.12. The number of nitrogens with one attached hydrogen (secondary N) is 1. The fraction of sp³-hybridized carbons (Fsp3) is 0. The lowest BCUT2D eigenvalue weighted by Crippen LogP contribution is -1.98. The molecule has 0 unspecified atom stereocenters. The normalized spacial score (nSPS) is 11.1. The van der Waals surface area contributed by atoms with Gasteiger partial charge in [-0.3, -0.25) is 4.55 Å². The zero-order valence-electron chi connectivity index (χ0n) is 8.87. The van der Waals surface area contributed by atoms with Gasteiger partial charge >= 0.3 is 0 Å². The zero-order valence-corrected chi connectivity index (χ0v) is 9.68. The Kier molecular flexibility index (Phi) is 3.12. The van der Waals surface area contributed by atoms with Crippen molar-refractivity contribution in [2.75, 3.05) is 5.32 Å². The summed E-state index contributed by atoms with van der Waals surface area (Å²) in [6.45, 7) is 0. The zero-order chi connectivity index (χ0) is 12.3. The van der Waals surface area contributed by atoms with Gasteiger partial charge < -0.3 is 5.32 Å². The van der Waals surface area contributed by atoms with Gasteiger partial charge in [-0.15, -0.1) is 0 Å². The van der Waals surface area contributed by atoms with E-state index in [4.69, 9.17) is 4.55 Å². The van der Waals surface area contributed by atoms with Gasteiger partial charge in [-0.1, -0.05) is 18.2 Å². The summed E-state index contributed by atoms with van der Waals surface area (Å²) in [5.41, 5.74) is 1.66. The van der Waals surface area contributed by atoms with Crippen molar-refractivity contribution in [1.82, 2.24) is 0 Å². The van der Waals surface area contributed by atoms with Crippen LogP contribution in [0, 0.1) is 0 Å². The molecule has 0 aliphatic rings. The highest BCUT2D eigenvalue weighted by Gasteiger charge is 2.08. The Morgan fingerprint density at radius 2 is 1.35 bits per heavy atom. The molecule has 0 heterocycles. The fourth-order valence-corrected chi connectivity index (χ4v) is 1.88. The Morgan fingerprint density at radius 1 is 0.824 bits per heavy atom. The van der Waals surface area contributed by atoms with Gasteiger partial charge in [-0.2, -0.15) is 8.42 Å². The van der Waals surface area contributed by atoms with Crippen molar-refractivity contribution >= 4 is 21.5 Å². The predicted molar refractivity (Wildman–Crippen MR) is 66.0 cm³/mol. The molecule has 0 atom stereocenters. The van der Waals surface area contributed by atoms with Crippen molar-refractivity contribution in [2.24, 2.45) is 0 Å². The molecular weight excluding hydrogens is 238 g/mol. The van der Waals surface area contributed by atoms with Gasteiger partial charge in [-0.05, 0) is 36.4 Å². The molecule has 0 aliphatic carbocycles. The molecule has 0 aliphatic heterocycles. The average Bonchev–Trinajstić information content (AvgIpc) is 2.30. The lowest BCUT2D eigenvalue weighted by Gasteiger charge is -2.06. The molecule has 88 valence electrons. The number of benzene rings is 2. The van der Waals surface area contributed by atoms with E-state index in [9.17, 15) is 8.42 Å². The van der Waals surface area contributed by atoms with Gasteiger partial charge in [-0.25, -0.2) is 0 Å². The van der Waals surface area contributed by atoms with E-state index >= 15 is 0 Å². The van der Waals surface area contributed by atoms with Crippen LogP contribution in [0.3, 0.4) is 0 Å². The third-order valence-corrected chi connectivity index (χ3v) is 3.08. The Hall–Kier alpha value is -1.85. The Labute approximate surface area is 99.7 Å². The maximum atomic E-state index is 10.8. The molecule has 2 aromatic carbocycles. The molecule has 17 heavy (non-hydrogen) atoms. The highest BCUT2D eigenvalue weighted by Crippen LogP contribution is 2.18. The summed E-state index contributed by atoms with van der Waals surface area (Å²) in [6.07, 6.45) is 0. The van der Waals surface area contributed by atoms with E-state index < -0.39 is 10.1 Å². The molecule has 2 N–H and O–H groups in total. The van der Waals surface area contributed by atoms with E-state index in [1.54, 1.807) is 12.1 Å². The minimum Gasteiger partial charge on any atom is -0.356 e. The number of anilines is 2. The van der Waals surface area contributed by atoms with Crippen molar-refractivity contribution < 1.29 is 13.0 Å². The minimum atomic E-state index is -4.12. The molecule has 2 aromatic rings. The third-order valence-electron chi connectivity index (χ3n) is 2.21. The van der Waals surface area contributed by atoms with Crippen LogP contribution in [-0.4, -0.2) is 13.0 Å². The van der Waals surface area contributed by atoms with Crippen molar-refractivity contribution in [3.05, 3.63) is 54.6 Å². The van der Waals surface area contributed by atoms with E-state index in [-0.39, 0.29) is 4.90 Å². The molecule has 0 amide bonds. The quantitative estimate of drug-likeness (QED) is 0.821. The van der Waals surface area contributed by atoms with E-state index in [2.05, 4.69) is 5.32 Å². The van der Waals surface area contributed by atoms with Gasteiger partial charge in [0, 0.05) is 11.4 Å². The topological polar surface area (TPSA) is 66.4 Å². The Morgan fingerprint density at radius 3 is 1.88 bits per heavy atom. The minimum absolute atomic E-state index is 0.115. The molecule has 0 spiro atoms. The molecule has 4 nitrogen and oxygen atoms in total. The van der Waals surface area contributed by atoms with Gasteiger partial charge in [0.25, 0.3) is 10.1 Å². The van der Waals surface area contributed by atoms with Gasteiger partial charge in [0.05, 0.1) is 4.90 Å². The van der Waals surface area contributed by atoms with E-state index in [1.165, 1.54) is 12.1 Å². The molecule has 5 heteroatoms. The van der Waals surface area contributed by atoms with Crippen LogP contribution in [0.5, 0.6) is 0 Å². The van der Waals surface area contributed by atoms with Gasteiger partial charge in [0.2, 0.25) is 0 Å². The van der Waals surface area contributed by atoms with Crippen molar-refractivity contribution in [3.8, 4) is 0 Å². The summed E-state index contributed by atoms with van der Waals surface area (Å²) in [6, 6.07) is 15.4. The third kappa shape index (κ3) is 3.05. The maximum Gasteiger partial charge on any atom is 0.294 e. The maximum absolute atomic E-state index is 10.8. The highest BCUT2D eigenvalue weighted by atomic mass is 32.2. The van der Waals surface area contributed by atoms with Crippen LogP contribution < -0.4 is 5.32 Å². The number of rotatable bonds is 3. The average molecular weight is 249 g/mol. The predicted octanol–water partition coefficient (Wildman–Crippen LogP) is 2.68. The molecule has 0 radical (unpaired) electrons. The second kappa shape index (κ2) is 4.57. The van der Waals surface area contributed by atoms with Crippen LogP contribution in [-0.2, 0) is 10.1 Å². The van der Waals surface area contributed by atoms with Gasteiger partial charge in [0.15, 0.2) is 0 Å². The second-order valence-corrected chi connectivity index (χ2v) is 4.91. The highest BCUT2D eigenvalue weighted by molar-refractivity contribution is 7.85. The molecule has 0 aromatic heterocycles. The molecule has 2 rings (SSSR count). The van der Waals surface area contributed by atoms with Crippen LogP contribution in [0.25, 0.3) is 0 Å². The van der Waals surface area contributed by atoms with Crippen molar-refractivity contribution in [1.29, 1.82) is 0 Å². The first-order chi connectivity index (χ1) is 8.05. The summed E-state index contributed by atoms with van der Waals surface area (Å²) < 4.78 is 30.5. The van der Waals surface area contributed by atoms with Crippen LogP contribution in [0.1, 0.15) is 0 Å². The summed E-state index contributed by atoms with van der Waals surface area (Å²) in [5.74, 6) is 0. The molecule has 0 saturated heterocycles. The monoisotopic (exact) mass is 249 g/mol. The van der Waals surface area contributed by atoms with Crippen molar-refractivity contribution in [2.45, 2.75) is 4.90 Å². The molecule has 0 saturated carbocycles. The summed E-state index contributed by atoms with van der Waals surface area (Å²) in [5, 5.41) is 3.11. The SMILES string of the molecule is O=S(=O)(O)c1ccc(Nc2ccccc2)cc1. The van der Waals surface area contributed by atoms with E-state index in [1.807, 2.05) is 30.3 Å². The van der Waals surface area contributed by atoms with Crippen LogP contribution in [0.4, 0.5) is 11.4 Å². The largest absolute Gasteiger partial charge is 0.356 e. The fourth-order valence-electron chi connectivity index (χ4n) is 1.40. The summed E-state index contributed by atoms with van der Waals surface area (Å²) in [4.78, 5) is -0.115. The van der Waals surface area contributed by atoms with Gasteiger partial charge in [0.1, 0.15) is 0 Å². The van der Waals surface area contributed by atoms with E-state index in [0.29, 0.717) is 0 Å². The van der Waals surface area contributed by atoms with Crippen LogP contribution in [0.2, 0.25) is 0 Å². The smallest absolute Gasteiger partial charge is 0.294 e. The number of hydrogen-bond donors (Lipinski definition) is 2. The number of hydrogen-bond acceptors (Lipinski definition) is 3. The first-order valence-corrected chi connectivity index (χ1v) is 6.39. The van der Waals surface area contributed by atoms with Crippen LogP contribution in [0.15, 0.2) is 59.5 Å². The first-order valence-electron chi connectivity index (χ1n) is 4.95. The van der Waals surface area contributed by atoms with E-state index in [0.717, 1.165) is 11.4 Å². The molecule has 0 fully saturated rings. The molecule has 0 bridgehead atoms. The summed E-state index contributed by atoms with van der Waals surface area (Å²) >= 11 is 0. The standard InChI is InChI=1S/C12H11NO3S/c14-17(15,16)12-8-6-11(7-9-12)13-10-4-2-1-3-5-10/h1-9,13H,(H,14,15,16).